The van der Waals surface area contributed by atoms with Crippen molar-refractivity contribution in [1.82, 2.24) is 10.2 Å². The topological polar surface area (TPSA) is 15.3 Å². The van der Waals surface area contributed by atoms with Gasteiger partial charge in [0.05, 0.1) is 5.02 Å². The van der Waals surface area contributed by atoms with E-state index in [1.54, 1.807) is 17.8 Å². The van der Waals surface area contributed by atoms with Gasteiger partial charge >= 0.3 is 0 Å². The number of nitrogens with one attached hydrogen (secondary N) is 1. The highest BCUT2D eigenvalue weighted by molar-refractivity contribution is 7.99. The van der Waals surface area contributed by atoms with Gasteiger partial charge < -0.3 is 10.2 Å². The van der Waals surface area contributed by atoms with Crippen LogP contribution < -0.4 is 5.32 Å². The van der Waals surface area contributed by atoms with Crippen molar-refractivity contribution in [1.29, 1.82) is 0 Å². The second-order valence-corrected chi connectivity index (χ2v) is 7.19. The largest absolute Gasteiger partial charge is 0.311 e. The van der Waals surface area contributed by atoms with Crippen LogP contribution in [0.1, 0.15) is 5.56 Å². The highest BCUT2D eigenvalue weighted by Crippen LogP contribution is 2.36. The average molecular weight is 355 g/mol. The molecule has 0 amide bonds. The quantitative estimate of drug-likeness (QED) is 0.719. The van der Waals surface area contributed by atoms with Crippen LogP contribution in [-0.4, -0.2) is 32.1 Å². The fourth-order valence-electron chi connectivity index (χ4n) is 1.95. The molecule has 2 rings (SSSR count). The predicted octanol–water partition coefficient (Wildman–Crippen LogP) is 4.80. The van der Waals surface area contributed by atoms with E-state index in [0.717, 1.165) is 24.5 Å². The smallest absolute Gasteiger partial charge is 0.0560 e. The minimum Gasteiger partial charge on any atom is -0.311 e. The Morgan fingerprint density at radius 2 is 1.82 bits per heavy atom. The molecular weight excluding hydrogens is 335 g/mol. The summed E-state index contributed by atoms with van der Waals surface area (Å²) in [6.45, 7) is 2.84. The van der Waals surface area contributed by atoms with Gasteiger partial charge in [0.15, 0.2) is 0 Å². The third-order valence-electron chi connectivity index (χ3n) is 3.14. The molecule has 0 aliphatic rings. The highest BCUT2D eigenvalue weighted by Gasteiger charge is 2.07. The summed E-state index contributed by atoms with van der Waals surface area (Å²) in [5.41, 5.74) is 1.28. The molecule has 0 spiro atoms. The number of nitrogens with zero attached hydrogens (tertiary/aromatic N) is 1. The van der Waals surface area contributed by atoms with Gasteiger partial charge in [-0.3, -0.25) is 0 Å². The Kier molecular flexibility index (Phi) is 7.06. The Balaban J connectivity index is 2.04. The summed E-state index contributed by atoms with van der Waals surface area (Å²) in [5, 5.41) is 4.82. The zero-order valence-corrected chi connectivity index (χ0v) is 15.1. The van der Waals surface area contributed by atoms with Crippen LogP contribution >= 0.6 is 35.0 Å². The number of hydrogen-bond donors (Lipinski definition) is 1. The van der Waals surface area contributed by atoms with Crippen molar-refractivity contribution in [3.05, 3.63) is 58.1 Å². The molecule has 0 aliphatic heterocycles. The Labute approximate surface area is 146 Å². The van der Waals surface area contributed by atoms with E-state index in [-0.39, 0.29) is 0 Å². The monoisotopic (exact) mass is 354 g/mol. The van der Waals surface area contributed by atoms with E-state index in [4.69, 9.17) is 23.2 Å². The Morgan fingerprint density at radius 1 is 1.05 bits per heavy atom. The average Bonchev–Trinajstić information content (AvgIpc) is 2.48. The second-order valence-electron chi connectivity index (χ2n) is 5.26. The molecule has 5 heteroatoms. The third kappa shape index (κ3) is 5.49. The van der Waals surface area contributed by atoms with E-state index in [9.17, 15) is 0 Å². The van der Waals surface area contributed by atoms with Crippen molar-refractivity contribution in [2.75, 3.05) is 27.2 Å². The number of halogens is 2. The first-order valence-corrected chi connectivity index (χ1v) is 8.70. The normalized spacial score (nSPS) is 11.1. The van der Waals surface area contributed by atoms with E-state index in [0.29, 0.717) is 10.0 Å². The van der Waals surface area contributed by atoms with E-state index in [1.807, 2.05) is 12.1 Å². The van der Waals surface area contributed by atoms with E-state index < -0.39 is 0 Å². The van der Waals surface area contributed by atoms with E-state index in [2.05, 4.69) is 48.6 Å². The van der Waals surface area contributed by atoms with Crippen molar-refractivity contribution in [3.8, 4) is 0 Å². The maximum absolute atomic E-state index is 6.27. The Hall–Kier alpha value is -0.710. The van der Waals surface area contributed by atoms with Crippen molar-refractivity contribution >= 4 is 35.0 Å². The first-order valence-electron chi connectivity index (χ1n) is 7.12. The molecule has 0 unspecified atom stereocenters. The van der Waals surface area contributed by atoms with Gasteiger partial charge in [0.25, 0.3) is 0 Å². The molecule has 22 heavy (non-hydrogen) atoms. The summed E-state index contributed by atoms with van der Waals surface area (Å²) in [7, 11) is 4.15. The molecule has 0 heterocycles. The molecule has 0 saturated carbocycles. The van der Waals surface area contributed by atoms with E-state index >= 15 is 0 Å². The highest BCUT2D eigenvalue weighted by atomic mass is 35.5. The minimum atomic E-state index is 0.660. The third-order valence-corrected chi connectivity index (χ3v) is 4.99. The van der Waals surface area contributed by atoms with Crippen molar-refractivity contribution in [3.63, 3.8) is 0 Å². The lowest BCUT2D eigenvalue weighted by molar-refractivity contribution is 0.399. The summed E-state index contributed by atoms with van der Waals surface area (Å²) in [6, 6.07) is 14.0. The van der Waals surface area contributed by atoms with Crippen LogP contribution in [0.15, 0.2) is 52.3 Å². The van der Waals surface area contributed by atoms with Gasteiger partial charge in [-0.25, -0.2) is 0 Å². The lowest BCUT2D eigenvalue weighted by atomic mass is 10.2. The molecule has 0 fully saturated rings. The maximum Gasteiger partial charge on any atom is 0.0560 e. The van der Waals surface area contributed by atoms with Crippen LogP contribution in [0.25, 0.3) is 0 Å². The Morgan fingerprint density at radius 3 is 2.55 bits per heavy atom. The summed E-state index contributed by atoms with van der Waals surface area (Å²) in [6.07, 6.45) is 0. The van der Waals surface area contributed by atoms with Gasteiger partial charge in [0.2, 0.25) is 0 Å². The van der Waals surface area contributed by atoms with E-state index in [1.165, 1.54) is 10.5 Å². The molecular formula is C17H20Cl2N2S. The molecule has 2 aromatic carbocycles. The number of likely N-dealkylation sites (N-methyl/N-ethyl adjacent to an activating group) is 1. The predicted molar refractivity (Wildman–Crippen MR) is 97.3 cm³/mol. The zero-order chi connectivity index (χ0) is 15.9. The van der Waals surface area contributed by atoms with Crippen LogP contribution in [0.2, 0.25) is 10.0 Å². The molecule has 0 radical (unpaired) electrons. The van der Waals surface area contributed by atoms with Crippen LogP contribution in [0.3, 0.4) is 0 Å². The van der Waals surface area contributed by atoms with Gasteiger partial charge in [0, 0.05) is 34.4 Å². The summed E-state index contributed by atoms with van der Waals surface area (Å²) in [5.74, 6) is 0. The molecule has 0 aromatic heterocycles. The lowest BCUT2D eigenvalue weighted by Crippen LogP contribution is -2.26. The Bertz CT molecular complexity index is 617. The number of rotatable bonds is 7. The number of hydrogen-bond acceptors (Lipinski definition) is 3. The lowest BCUT2D eigenvalue weighted by Gasteiger charge is -2.13. The summed E-state index contributed by atoms with van der Waals surface area (Å²) >= 11 is 13.9. The SMILES string of the molecule is CN(C)CCNCc1ccccc1Sc1ccc(Cl)cc1Cl. The fourth-order valence-corrected chi connectivity index (χ4v) is 3.42. The number of benzene rings is 2. The molecule has 2 aromatic rings. The summed E-state index contributed by atoms with van der Waals surface area (Å²) in [4.78, 5) is 4.40. The molecule has 0 saturated heterocycles. The molecule has 0 aliphatic carbocycles. The molecule has 0 atom stereocenters. The van der Waals surface area contributed by atoms with Crippen LogP contribution in [0.4, 0.5) is 0 Å². The van der Waals surface area contributed by atoms with Crippen LogP contribution in [-0.2, 0) is 6.54 Å². The maximum atomic E-state index is 6.27. The minimum absolute atomic E-state index is 0.660. The summed E-state index contributed by atoms with van der Waals surface area (Å²) < 4.78 is 0. The van der Waals surface area contributed by atoms with Crippen molar-refractivity contribution in [2.24, 2.45) is 0 Å². The van der Waals surface area contributed by atoms with Gasteiger partial charge in [-0.2, -0.15) is 0 Å². The van der Waals surface area contributed by atoms with Gasteiger partial charge in [-0.05, 0) is 43.9 Å². The molecule has 118 valence electrons. The van der Waals surface area contributed by atoms with Crippen molar-refractivity contribution < 1.29 is 0 Å². The second kappa shape index (κ2) is 8.80. The molecule has 2 nitrogen and oxygen atoms in total. The zero-order valence-electron chi connectivity index (χ0n) is 12.8. The van der Waals surface area contributed by atoms with Gasteiger partial charge in [-0.15, -0.1) is 0 Å². The molecule has 1 N–H and O–H groups in total. The van der Waals surface area contributed by atoms with Crippen LogP contribution in [0.5, 0.6) is 0 Å². The van der Waals surface area contributed by atoms with Crippen LogP contribution in [0, 0.1) is 0 Å². The van der Waals surface area contributed by atoms with Gasteiger partial charge in [-0.1, -0.05) is 53.2 Å². The first kappa shape index (κ1) is 17.6. The molecule has 0 bridgehead atoms. The standard InChI is InChI=1S/C17H20Cl2N2S/c1-21(2)10-9-20-12-13-5-3-4-6-16(13)22-17-8-7-14(18)11-15(17)19/h3-8,11,20H,9-10,12H2,1-2H3. The van der Waals surface area contributed by atoms with Crippen molar-refractivity contribution in [2.45, 2.75) is 16.3 Å². The van der Waals surface area contributed by atoms with Gasteiger partial charge in [0.1, 0.15) is 0 Å². The first-order chi connectivity index (χ1) is 10.6. The fraction of sp³-hybridized carbons (Fsp3) is 0.294.